The second kappa shape index (κ2) is 4.96. The lowest BCUT2D eigenvalue weighted by atomic mass is 10.2. The highest BCUT2D eigenvalue weighted by atomic mass is 79.9. The molecule has 0 spiro atoms. The summed E-state index contributed by atoms with van der Waals surface area (Å²) in [6.07, 6.45) is 0. The molecule has 0 amide bonds. The van der Waals surface area contributed by atoms with Crippen LogP contribution in [-0.2, 0) is 0 Å². The molecule has 0 aliphatic rings. The number of aromatic nitrogens is 1. The van der Waals surface area contributed by atoms with Gasteiger partial charge in [-0.1, -0.05) is 13.8 Å². The smallest absolute Gasteiger partial charge is 0.115 e. The molecule has 2 nitrogen and oxygen atoms in total. The number of nitrogens with zero attached hydrogens (tertiary/aromatic N) is 1. The maximum atomic E-state index is 6.18. The Morgan fingerprint density at radius 3 is 2.62 bits per heavy atom. The van der Waals surface area contributed by atoms with Gasteiger partial charge in [0.15, 0.2) is 0 Å². The van der Waals surface area contributed by atoms with Crippen molar-refractivity contribution in [2.24, 2.45) is 5.73 Å². The molecule has 2 aromatic heterocycles. The molecule has 0 radical (unpaired) electrons. The molecule has 16 heavy (non-hydrogen) atoms. The highest BCUT2D eigenvalue weighted by molar-refractivity contribution is 9.11. The Bertz CT molecular complexity index is 476. The van der Waals surface area contributed by atoms with Crippen LogP contribution < -0.4 is 5.73 Å². The molecule has 1 atom stereocenters. The lowest BCUT2D eigenvalue weighted by Crippen LogP contribution is -2.09. The van der Waals surface area contributed by atoms with Crippen molar-refractivity contribution in [2.75, 3.05) is 0 Å². The molecule has 2 N–H and O–H groups in total. The number of thiazole rings is 1. The summed E-state index contributed by atoms with van der Waals surface area (Å²) in [5.41, 5.74) is 7.31. The summed E-state index contributed by atoms with van der Waals surface area (Å²) in [5.74, 6) is 0.465. The lowest BCUT2D eigenvalue weighted by molar-refractivity contribution is 0.801. The zero-order valence-electron chi connectivity index (χ0n) is 9.11. The molecule has 0 saturated carbocycles. The highest BCUT2D eigenvalue weighted by Crippen LogP contribution is 2.31. The molecule has 0 saturated heterocycles. The maximum absolute atomic E-state index is 6.18. The molecule has 86 valence electrons. The topological polar surface area (TPSA) is 38.9 Å². The number of thiophene rings is 1. The Kier molecular flexibility index (Phi) is 3.79. The van der Waals surface area contributed by atoms with E-state index in [-0.39, 0.29) is 6.04 Å². The quantitative estimate of drug-likeness (QED) is 0.924. The predicted octanol–water partition coefficient (Wildman–Crippen LogP) is 4.14. The van der Waals surface area contributed by atoms with Gasteiger partial charge in [-0.2, -0.15) is 0 Å². The number of halogens is 1. The minimum Gasteiger partial charge on any atom is -0.318 e. The molecule has 5 heteroatoms. The largest absolute Gasteiger partial charge is 0.318 e. The molecule has 2 rings (SSSR count). The Hall–Kier alpha value is -0.230. The summed E-state index contributed by atoms with van der Waals surface area (Å²) in [5, 5.41) is 3.10. The second-order valence-corrected chi connectivity index (χ2v) is 7.27. The Morgan fingerprint density at radius 2 is 2.12 bits per heavy atom. The van der Waals surface area contributed by atoms with Gasteiger partial charge in [0.2, 0.25) is 0 Å². The fourth-order valence-corrected chi connectivity index (χ4v) is 3.83. The molecule has 1 unspecified atom stereocenters. The van der Waals surface area contributed by atoms with E-state index in [2.05, 4.69) is 46.2 Å². The molecule has 2 heterocycles. The van der Waals surface area contributed by atoms with Crippen LogP contribution in [-0.4, -0.2) is 4.98 Å². The molecular formula is C11H13BrN2S2. The predicted molar refractivity (Wildman–Crippen MR) is 74.3 cm³/mol. The van der Waals surface area contributed by atoms with Crippen LogP contribution in [0, 0.1) is 0 Å². The van der Waals surface area contributed by atoms with Gasteiger partial charge in [0.25, 0.3) is 0 Å². The van der Waals surface area contributed by atoms with Gasteiger partial charge >= 0.3 is 0 Å². The average molecular weight is 317 g/mol. The number of hydrogen-bond donors (Lipinski definition) is 1. The number of hydrogen-bond acceptors (Lipinski definition) is 4. The van der Waals surface area contributed by atoms with E-state index in [1.807, 2.05) is 6.07 Å². The third-order valence-electron chi connectivity index (χ3n) is 2.30. The highest BCUT2D eigenvalue weighted by Gasteiger charge is 2.16. The fourth-order valence-electron chi connectivity index (χ4n) is 1.33. The van der Waals surface area contributed by atoms with Crippen molar-refractivity contribution < 1.29 is 0 Å². The van der Waals surface area contributed by atoms with Crippen LogP contribution in [0.25, 0.3) is 0 Å². The van der Waals surface area contributed by atoms with Crippen molar-refractivity contribution in [3.8, 4) is 0 Å². The van der Waals surface area contributed by atoms with E-state index in [0.29, 0.717) is 5.92 Å². The van der Waals surface area contributed by atoms with Gasteiger partial charge in [-0.25, -0.2) is 4.98 Å². The van der Waals surface area contributed by atoms with Crippen molar-refractivity contribution in [2.45, 2.75) is 25.8 Å². The minimum absolute atomic E-state index is 0.0891. The van der Waals surface area contributed by atoms with Crippen molar-refractivity contribution in [3.63, 3.8) is 0 Å². The van der Waals surface area contributed by atoms with E-state index >= 15 is 0 Å². The fraction of sp³-hybridized carbons (Fsp3) is 0.364. The summed E-state index contributed by atoms with van der Waals surface area (Å²) in [6, 6.07) is 3.99. The summed E-state index contributed by atoms with van der Waals surface area (Å²) in [7, 11) is 0. The zero-order valence-corrected chi connectivity index (χ0v) is 12.3. The van der Waals surface area contributed by atoms with E-state index < -0.39 is 0 Å². The van der Waals surface area contributed by atoms with Gasteiger partial charge in [0.1, 0.15) is 5.01 Å². The van der Waals surface area contributed by atoms with E-state index in [1.54, 1.807) is 22.7 Å². The van der Waals surface area contributed by atoms with E-state index in [1.165, 1.54) is 0 Å². The lowest BCUT2D eigenvalue weighted by Gasteiger charge is -2.05. The van der Waals surface area contributed by atoms with Crippen LogP contribution in [0.2, 0.25) is 0 Å². The molecule has 0 aliphatic carbocycles. The van der Waals surface area contributed by atoms with Crippen molar-refractivity contribution in [3.05, 3.63) is 36.9 Å². The molecule has 2 aromatic rings. The van der Waals surface area contributed by atoms with Crippen molar-refractivity contribution in [1.29, 1.82) is 0 Å². The van der Waals surface area contributed by atoms with E-state index in [4.69, 9.17) is 5.73 Å². The molecule has 0 fully saturated rings. The van der Waals surface area contributed by atoms with E-state index in [0.717, 1.165) is 19.4 Å². The normalized spacial score (nSPS) is 13.3. The van der Waals surface area contributed by atoms with E-state index in [9.17, 15) is 0 Å². The van der Waals surface area contributed by atoms with Gasteiger partial charge < -0.3 is 5.73 Å². The molecule has 0 aliphatic heterocycles. The van der Waals surface area contributed by atoms with Crippen molar-refractivity contribution >= 4 is 38.6 Å². The average Bonchev–Trinajstić information content (AvgIpc) is 2.84. The van der Waals surface area contributed by atoms with Gasteiger partial charge in [0, 0.05) is 10.3 Å². The minimum atomic E-state index is -0.0891. The first-order valence-corrected chi connectivity index (χ1v) is 7.53. The Morgan fingerprint density at radius 1 is 1.38 bits per heavy atom. The van der Waals surface area contributed by atoms with Crippen LogP contribution in [0.4, 0.5) is 0 Å². The second-order valence-electron chi connectivity index (χ2n) is 3.88. The van der Waals surface area contributed by atoms with Crippen molar-refractivity contribution in [1.82, 2.24) is 4.98 Å². The molecule has 0 bridgehead atoms. The van der Waals surface area contributed by atoms with Gasteiger partial charge in [0.05, 0.1) is 15.5 Å². The maximum Gasteiger partial charge on any atom is 0.115 e. The monoisotopic (exact) mass is 316 g/mol. The van der Waals surface area contributed by atoms with Gasteiger partial charge in [-0.05, 0) is 34.0 Å². The molecule has 0 aromatic carbocycles. The van der Waals surface area contributed by atoms with Crippen LogP contribution in [0.3, 0.4) is 0 Å². The summed E-state index contributed by atoms with van der Waals surface area (Å²) < 4.78 is 1.11. The first kappa shape index (κ1) is 12.2. The number of rotatable bonds is 3. The van der Waals surface area contributed by atoms with Crippen LogP contribution >= 0.6 is 38.6 Å². The van der Waals surface area contributed by atoms with Crippen LogP contribution in [0.15, 0.2) is 21.3 Å². The SMILES string of the molecule is CC(C)c1csc(C(N)c2ccc(Br)s2)n1. The van der Waals surface area contributed by atoms with Crippen LogP contribution in [0.5, 0.6) is 0 Å². The third kappa shape index (κ3) is 2.53. The zero-order chi connectivity index (χ0) is 11.7. The van der Waals surface area contributed by atoms with Gasteiger partial charge in [-0.3, -0.25) is 0 Å². The standard InChI is InChI=1S/C11H13BrN2S2/c1-6(2)7-5-15-11(14-7)10(13)8-3-4-9(12)16-8/h3-6,10H,13H2,1-2H3. The first-order valence-electron chi connectivity index (χ1n) is 5.04. The van der Waals surface area contributed by atoms with Gasteiger partial charge in [-0.15, -0.1) is 22.7 Å². The van der Waals surface area contributed by atoms with Crippen LogP contribution in [0.1, 0.15) is 41.4 Å². The number of nitrogens with two attached hydrogens (primary N) is 1. The Labute approximate surface area is 112 Å². The molecular weight excluding hydrogens is 304 g/mol. The summed E-state index contributed by atoms with van der Waals surface area (Å²) >= 11 is 6.76. The first-order chi connectivity index (χ1) is 7.58. The summed E-state index contributed by atoms with van der Waals surface area (Å²) in [4.78, 5) is 5.73. The summed E-state index contributed by atoms with van der Waals surface area (Å²) in [6.45, 7) is 4.29. The Balaban J connectivity index is 2.23. The third-order valence-corrected chi connectivity index (χ3v) is 4.95.